The molecule has 1 aliphatic rings. The number of ether oxygens (including phenoxy) is 1. The van der Waals surface area contributed by atoms with Crippen molar-refractivity contribution in [2.75, 3.05) is 13.7 Å². The minimum absolute atomic E-state index is 0.0540. The Hall–Kier alpha value is -1.98. The molecular formula is C23H29O6P. The Morgan fingerprint density at radius 2 is 1.33 bits per heavy atom. The minimum atomic E-state index is -3.75. The monoisotopic (exact) mass is 432 g/mol. The highest BCUT2D eigenvalue weighted by Crippen LogP contribution is 2.51. The maximum Gasteiger partial charge on any atom is 0.475 e. The molecule has 2 aromatic carbocycles. The van der Waals surface area contributed by atoms with Gasteiger partial charge in [0, 0.05) is 0 Å². The predicted octanol–water partition coefficient (Wildman–Crippen LogP) is 5.52. The van der Waals surface area contributed by atoms with Crippen molar-refractivity contribution in [2.45, 2.75) is 38.9 Å². The Morgan fingerprint density at radius 1 is 0.833 bits per heavy atom. The molecule has 0 radical (unpaired) electrons. The summed E-state index contributed by atoms with van der Waals surface area (Å²) < 4.78 is 35.1. The first-order valence-corrected chi connectivity index (χ1v) is 11.7. The van der Waals surface area contributed by atoms with Gasteiger partial charge in [-0.15, -0.1) is 0 Å². The van der Waals surface area contributed by atoms with Gasteiger partial charge in [0.05, 0.1) is 32.8 Å². The van der Waals surface area contributed by atoms with Crippen molar-refractivity contribution in [1.82, 2.24) is 0 Å². The predicted molar refractivity (Wildman–Crippen MR) is 113 cm³/mol. The Morgan fingerprint density at radius 3 is 1.80 bits per heavy atom. The van der Waals surface area contributed by atoms with Gasteiger partial charge in [-0.1, -0.05) is 60.7 Å². The van der Waals surface area contributed by atoms with Crippen LogP contribution in [0.1, 0.15) is 36.8 Å². The van der Waals surface area contributed by atoms with E-state index in [2.05, 4.69) is 0 Å². The molecular weight excluding hydrogens is 403 g/mol. The first-order valence-electron chi connectivity index (χ1n) is 10.3. The Labute approximate surface area is 178 Å². The second-order valence-electron chi connectivity index (χ2n) is 7.50. The van der Waals surface area contributed by atoms with E-state index in [1.165, 1.54) is 7.11 Å². The largest absolute Gasteiger partial charge is 0.475 e. The van der Waals surface area contributed by atoms with Gasteiger partial charge in [-0.3, -0.25) is 18.4 Å². The summed E-state index contributed by atoms with van der Waals surface area (Å²) in [6.45, 7) is 0.554. The normalized spacial score (nSPS) is 19.4. The third-order valence-electron chi connectivity index (χ3n) is 5.31. The van der Waals surface area contributed by atoms with E-state index < -0.39 is 7.82 Å². The minimum Gasteiger partial charge on any atom is -0.469 e. The fraction of sp³-hybridized carbons (Fsp3) is 0.435. The van der Waals surface area contributed by atoms with Crippen molar-refractivity contribution in [1.29, 1.82) is 0 Å². The van der Waals surface area contributed by atoms with Gasteiger partial charge in [0.2, 0.25) is 0 Å². The summed E-state index contributed by atoms with van der Waals surface area (Å²) in [5.41, 5.74) is 1.78. The molecule has 0 aromatic heterocycles. The number of phosphoric acid groups is 1. The molecule has 6 nitrogen and oxygen atoms in total. The smallest absolute Gasteiger partial charge is 0.469 e. The lowest BCUT2D eigenvalue weighted by Crippen LogP contribution is -2.24. The van der Waals surface area contributed by atoms with E-state index >= 15 is 0 Å². The number of esters is 1. The highest BCUT2D eigenvalue weighted by molar-refractivity contribution is 7.48. The molecule has 0 aliphatic heterocycles. The fourth-order valence-corrected chi connectivity index (χ4v) is 4.73. The van der Waals surface area contributed by atoms with Crippen LogP contribution < -0.4 is 0 Å². The lowest BCUT2D eigenvalue weighted by Gasteiger charge is -2.27. The van der Waals surface area contributed by atoms with E-state index in [-0.39, 0.29) is 37.6 Å². The van der Waals surface area contributed by atoms with Crippen LogP contribution in [0.3, 0.4) is 0 Å². The van der Waals surface area contributed by atoms with Crippen LogP contribution in [0.4, 0.5) is 0 Å². The van der Waals surface area contributed by atoms with E-state index in [9.17, 15) is 9.36 Å². The number of benzene rings is 2. The van der Waals surface area contributed by atoms with Crippen molar-refractivity contribution in [3.63, 3.8) is 0 Å². The Bertz CT molecular complexity index is 771. The van der Waals surface area contributed by atoms with Crippen molar-refractivity contribution in [2.24, 2.45) is 11.8 Å². The molecule has 1 saturated carbocycles. The van der Waals surface area contributed by atoms with Crippen LogP contribution in [0.15, 0.2) is 60.7 Å². The molecule has 2 aromatic rings. The number of methoxy groups -OCH3 is 1. The third-order valence-corrected chi connectivity index (χ3v) is 6.67. The summed E-state index contributed by atoms with van der Waals surface area (Å²) in [6.07, 6.45) is 3.13. The van der Waals surface area contributed by atoms with Crippen molar-refractivity contribution in [3.8, 4) is 0 Å². The fourth-order valence-electron chi connectivity index (χ4n) is 3.50. The summed E-state index contributed by atoms with van der Waals surface area (Å²) in [7, 11) is -2.33. The van der Waals surface area contributed by atoms with Gasteiger partial charge < -0.3 is 4.74 Å². The van der Waals surface area contributed by atoms with Gasteiger partial charge in [0.1, 0.15) is 0 Å². The zero-order chi connectivity index (χ0) is 21.2. The average Bonchev–Trinajstić information content (AvgIpc) is 2.81. The molecule has 1 aliphatic carbocycles. The molecule has 0 bridgehead atoms. The van der Waals surface area contributed by atoms with Crippen LogP contribution in [0.2, 0.25) is 0 Å². The molecule has 0 amide bonds. The number of hydrogen-bond acceptors (Lipinski definition) is 6. The summed E-state index contributed by atoms with van der Waals surface area (Å²) in [5, 5.41) is 0. The molecule has 0 saturated heterocycles. The van der Waals surface area contributed by atoms with Crippen molar-refractivity contribution >= 4 is 13.8 Å². The third kappa shape index (κ3) is 7.06. The van der Waals surface area contributed by atoms with E-state index in [1.54, 1.807) is 0 Å². The first kappa shape index (κ1) is 22.7. The van der Waals surface area contributed by atoms with Gasteiger partial charge in [0.25, 0.3) is 0 Å². The zero-order valence-electron chi connectivity index (χ0n) is 17.3. The highest BCUT2D eigenvalue weighted by atomic mass is 31.2. The van der Waals surface area contributed by atoms with Crippen LogP contribution in [0.5, 0.6) is 0 Å². The molecule has 3 rings (SSSR count). The summed E-state index contributed by atoms with van der Waals surface area (Å²) in [6, 6.07) is 19.0. The van der Waals surface area contributed by atoms with Crippen LogP contribution >= 0.6 is 7.82 Å². The maximum atomic E-state index is 13.3. The summed E-state index contributed by atoms with van der Waals surface area (Å²) >= 11 is 0. The Kier molecular flexibility index (Phi) is 8.64. The number of carbonyl (C=O) groups is 1. The quantitative estimate of drug-likeness (QED) is 0.363. The lowest BCUT2D eigenvalue weighted by molar-refractivity contribution is -0.146. The summed E-state index contributed by atoms with van der Waals surface area (Å²) in [5.74, 6) is -0.000901. The second kappa shape index (κ2) is 11.4. The molecule has 0 unspecified atom stereocenters. The van der Waals surface area contributed by atoms with E-state index in [0.717, 1.165) is 36.8 Å². The molecule has 30 heavy (non-hydrogen) atoms. The standard InChI is InChI=1S/C23H29O6P/c1-26-23(24)22-14-12-21(13-15-22)18-29-30(25,27-16-19-8-4-2-5-9-19)28-17-20-10-6-3-7-11-20/h2-11,21-22H,12-18H2,1H3/t21-,22-. The van der Waals surface area contributed by atoms with Crippen LogP contribution in [0, 0.1) is 11.8 Å². The van der Waals surface area contributed by atoms with Gasteiger partial charge in [-0.2, -0.15) is 0 Å². The zero-order valence-corrected chi connectivity index (χ0v) is 18.2. The highest BCUT2D eigenvalue weighted by Gasteiger charge is 2.32. The molecule has 0 atom stereocenters. The van der Waals surface area contributed by atoms with Gasteiger partial charge in [0.15, 0.2) is 0 Å². The number of hydrogen-bond donors (Lipinski definition) is 0. The molecule has 7 heteroatoms. The molecule has 162 valence electrons. The van der Waals surface area contributed by atoms with Crippen LogP contribution in [-0.2, 0) is 40.9 Å². The topological polar surface area (TPSA) is 71.1 Å². The lowest BCUT2D eigenvalue weighted by atomic mass is 9.82. The average molecular weight is 432 g/mol. The van der Waals surface area contributed by atoms with Gasteiger partial charge >= 0.3 is 13.8 Å². The van der Waals surface area contributed by atoms with E-state index in [0.29, 0.717) is 0 Å². The molecule has 1 fully saturated rings. The Balaban J connectivity index is 1.56. The molecule has 0 heterocycles. The van der Waals surface area contributed by atoms with Crippen LogP contribution in [-0.4, -0.2) is 19.7 Å². The SMILES string of the molecule is COC(=O)[C@H]1CC[C@H](COP(=O)(OCc2ccccc2)OCc2ccccc2)CC1. The van der Waals surface area contributed by atoms with E-state index in [4.69, 9.17) is 18.3 Å². The summed E-state index contributed by atoms with van der Waals surface area (Å²) in [4.78, 5) is 11.7. The van der Waals surface area contributed by atoms with E-state index in [1.807, 2.05) is 60.7 Å². The van der Waals surface area contributed by atoms with Crippen LogP contribution in [0.25, 0.3) is 0 Å². The maximum absolute atomic E-state index is 13.3. The van der Waals surface area contributed by atoms with Crippen molar-refractivity contribution < 1.29 is 27.7 Å². The molecule has 0 N–H and O–H groups in total. The van der Waals surface area contributed by atoms with Gasteiger partial charge in [-0.25, -0.2) is 4.57 Å². The molecule has 0 spiro atoms. The number of carbonyl (C=O) groups excluding carboxylic acids is 1. The van der Waals surface area contributed by atoms with Crippen molar-refractivity contribution in [3.05, 3.63) is 71.8 Å². The number of rotatable bonds is 10. The number of phosphoric ester groups is 1. The van der Waals surface area contributed by atoms with Gasteiger partial charge in [-0.05, 0) is 42.7 Å². The second-order valence-corrected chi connectivity index (χ2v) is 9.17. The first-order chi connectivity index (χ1) is 14.6.